The Morgan fingerprint density at radius 2 is 1.50 bits per heavy atom. The van der Waals surface area contributed by atoms with Gasteiger partial charge in [0.2, 0.25) is 0 Å². The van der Waals surface area contributed by atoms with Crippen molar-refractivity contribution in [2.45, 2.75) is 0 Å². The molecule has 0 aliphatic rings. The van der Waals surface area contributed by atoms with E-state index in [0.717, 1.165) is 0 Å². The first kappa shape index (κ1) is 4.93. The molecule has 1 aromatic heterocycles. The van der Waals surface area contributed by atoms with Gasteiger partial charge in [-0.2, -0.15) is 0 Å². The van der Waals surface area contributed by atoms with Crippen LogP contribution in [0.1, 0.15) is 0 Å². The summed E-state index contributed by atoms with van der Waals surface area (Å²) >= 11 is 0. The van der Waals surface area contributed by atoms with Gasteiger partial charge in [-0.25, -0.2) is 0 Å². The molecule has 24 valence electrons. The van der Waals surface area contributed by atoms with Crippen LogP contribution < -0.4 is 0 Å². The molecule has 4 heteroatoms. The first-order valence-corrected chi connectivity index (χ1v) is 2.50. The molecule has 4 heavy (non-hydrogen) atoms. The van der Waals surface area contributed by atoms with Crippen molar-refractivity contribution in [2.24, 2.45) is 0 Å². The first-order valence-electron chi connectivity index (χ1n) is 0.500. The largest absolute Gasteiger partial charge is 0.317 e. The smallest absolute Gasteiger partial charge is 0.158 e. The van der Waals surface area contributed by atoms with E-state index in [4.69, 9.17) is 0 Å². The van der Waals surface area contributed by atoms with Crippen LogP contribution in [0.15, 0.2) is 3.28 Å². The molecule has 0 atom stereocenters. The quantitative estimate of drug-likeness (QED) is 0.430. The molecule has 1 heterocycles. The van der Waals surface area contributed by atoms with Crippen LogP contribution in [0.2, 0.25) is 0 Å². The number of rotatable bonds is 0. The van der Waals surface area contributed by atoms with Gasteiger partial charge in [0.1, 0.15) is 0 Å². The zero-order valence-corrected chi connectivity index (χ0v) is 5.27. The summed E-state index contributed by atoms with van der Waals surface area (Å²) in [6, 6.07) is 0. The standard InChI is InChI=1S/Mo.OS2/c;1-2-3-1. The fraction of sp³-hybridized carbons (Fsp3) is 0. The van der Waals surface area contributed by atoms with Gasteiger partial charge in [-0.15, -0.1) is 0 Å². The predicted molar refractivity (Wildman–Crippen MR) is 14.5 cm³/mol. The third kappa shape index (κ3) is 2.93. The maximum Gasteiger partial charge on any atom is 0.158 e. The van der Waals surface area contributed by atoms with Gasteiger partial charge in [0, 0.05) is 21.1 Å². The van der Waals surface area contributed by atoms with Crippen LogP contribution in [0.3, 0.4) is 0 Å². The average Bonchev–Trinajstić information content (AvgIpc) is 1.46. The van der Waals surface area contributed by atoms with Gasteiger partial charge in [0.15, 0.2) is 21.3 Å². The minimum absolute atomic E-state index is 0. The second-order valence-corrected chi connectivity index (χ2v) is 1.84. The molecule has 0 bridgehead atoms. The molecule has 0 fully saturated rings. The second-order valence-electron chi connectivity index (χ2n) is 0.204. The summed E-state index contributed by atoms with van der Waals surface area (Å²) in [7, 11) is 2.83. The van der Waals surface area contributed by atoms with Crippen LogP contribution >= 0.6 is 21.3 Å². The van der Waals surface area contributed by atoms with E-state index in [-0.39, 0.29) is 21.1 Å². The Morgan fingerprint density at radius 1 is 1.25 bits per heavy atom. The van der Waals surface area contributed by atoms with Gasteiger partial charge in [0.25, 0.3) is 0 Å². The normalized spacial score (nSPS) is 6.00. The van der Waals surface area contributed by atoms with Crippen LogP contribution in [0, 0.1) is 0 Å². The van der Waals surface area contributed by atoms with Gasteiger partial charge in [-0.05, 0) is 0 Å². The predicted octanol–water partition coefficient (Wildman–Crippen LogP) is 1.40. The van der Waals surface area contributed by atoms with Crippen molar-refractivity contribution in [3.8, 4) is 0 Å². The molecule has 0 amide bonds. The third-order valence-corrected chi connectivity index (χ3v) is 0.612. The summed E-state index contributed by atoms with van der Waals surface area (Å²) in [5.41, 5.74) is 0. The Labute approximate surface area is 45.7 Å². The second kappa shape index (κ2) is 2.18. The molecular weight excluding hydrogens is 176 g/mol. The van der Waals surface area contributed by atoms with E-state index < -0.39 is 0 Å². The molecule has 0 spiro atoms. The summed E-state index contributed by atoms with van der Waals surface area (Å²) in [4.78, 5) is 0. The van der Waals surface area contributed by atoms with Gasteiger partial charge in [-0.1, -0.05) is 0 Å². The molecular formula is MoOS2. The van der Waals surface area contributed by atoms with Crippen molar-refractivity contribution in [3.05, 3.63) is 0 Å². The SMILES string of the molecule is [Mo].o1ss1. The molecule has 0 aliphatic heterocycles. The summed E-state index contributed by atoms with van der Waals surface area (Å²) in [6.45, 7) is 0. The summed E-state index contributed by atoms with van der Waals surface area (Å²) in [5, 5.41) is 0. The van der Waals surface area contributed by atoms with Crippen molar-refractivity contribution < 1.29 is 24.3 Å². The van der Waals surface area contributed by atoms with E-state index >= 15 is 0 Å². The molecule has 0 N–H and O–H groups in total. The van der Waals surface area contributed by atoms with E-state index in [1.807, 2.05) is 0 Å². The maximum atomic E-state index is 4.33. The average molecular weight is 176 g/mol. The molecule has 0 radical (unpaired) electrons. The van der Waals surface area contributed by atoms with Crippen molar-refractivity contribution in [2.75, 3.05) is 0 Å². The van der Waals surface area contributed by atoms with Gasteiger partial charge in [0.05, 0.1) is 0 Å². The zero-order chi connectivity index (χ0) is 2.12. The van der Waals surface area contributed by atoms with Crippen LogP contribution in [-0.4, -0.2) is 0 Å². The van der Waals surface area contributed by atoms with Crippen molar-refractivity contribution in [3.63, 3.8) is 0 Å². The van der Waals surface area contributed by atoms with Crippen molar-refractivity contribution in [1.29, 1.82) is 0 Å². The molecule has 1 nitrogen and oxygen atoms in total. The Bertz CT molecular complexity index is 34.1. The van der Waals surface area contributed by atoms with Crippen LogP contribution in [0.25, 0.3) is 0 Å². The topological polar surface area (TPSA) is 13.1 Å². The molecule has 1 aromatic rings. The van der Waals surface area contributed by atoms with E-state index in [1.165, 1.54) is 21.3 Å². The molecule has 0 saturated carbocycles. The van der Waals surface area contributed by atoms with Gasteiger partial charge < -0.3 is 3.28 Å². The summed E-state index contributed by atoms with van der Waals surface area (Å²) in [5.74, 6) is 0. The van der Waals surface area contributed by atoms with E-state index in [9.17, 15) is 0 Å². The fourth-order valence-corrected chi connectivity index (χ4v) is 0. The molecule has 0 unspecified atom stereocenters. The van der Waals surface area contributed by atoms with Crippen molar-refractivity contribution >= 4 is 21.3 Å². The Balaban J connectivity index is 0.0000000900. The van der Waals surface area contributed by atoms with E-state index in [1.54, 1.807) is 0 Å². The van der Waals surface area contributed by atoms with Crippen LogP contribution in [0.5, 0.6) is 0 Å². The monoisotopic (exact) mass is 178 g/mol. The third-order valence-electron chi connectivity index (χ3n) is 0.0680. The van der Waals surface area contributed by atoms with E-state index in [2.05, 4.69) is 3.28 Å². The molecule has 0 aliphatic carbocycles. The van der Waals surface area contributed by atoms with Gasteiger partial charge in [-0.3, -0.25) is 0 Å². The van der Waals surface area contributed by atoms with Crippen molar-refractivity contribution in [1.82, 2.24) is 0 Å². The van der Waals surface area contributed by atoms with Gasteiger partial charge >= 0.3 is 0 Å². The Kier molecular flexibility index (Phi) is 2.69. The minimum Gasteiger partial charge on any atom is -0.317 e. The first-order chi connectivity index (χ1) is 1.50. The van der Waals surface area contributed by atoms with E-state index in [0.29, 0.717) is 0 Å². The molecule has 1 rings (SSSR count). The maximum absolute atomic E-state index is 4.33. The fourth-order valence-electron chi connectivity index (χ4n) is 0. The summed E-state index contributed by atoms with van der Waals surface area (Å²) < 4.78 is 4.33. The van der Waals surface area contributed by atoms with Crippen LogP contribution in [-0.2, 0) is 21.1 Å². The Morgan fingerprint density at radius 3 is 1.50 bits per heavy atom. The molecule has 0 aromatic carbocycles. The minimum atomic E-state index is 0. The zero-order valence-electron chi connectivity index (χ0n) is 1.63. The Hall–Kier alpha value is 0.928. The van der Waals surface area contributed by atoms with Crippen LogP contribution in [0.4, 0.5) is 0 Å². The number of hydrogen-bond donors (Lipinski definition) is 0. The molecule has 0 saturated heterocycles. The summed E-state index contributed by atoms with van der Waals surface area (Å²) in [6.07, 6.45) is 0. The number of hydrogen-bond acceptors (Lipinski definition) is 3.